The molecular weight excluding hydrogens is 388 g/mol. The third-order valence-electron chi connectivity index (χ3n) is 4.59. The summed E-state index contributed by atoms with van der Waals surface area (Å²) < 4.78 is 0. The predicted molar refractivity (Wildman–Crippen MR) is 119 cm³/mol. The van der Waals surface area contributed by atoms with E-state index >= 15 is 0 Å². The minimum atomic E-state index is -0.235. The molecule has 3 aromatic rings. The molecule has 1 heterocycles. The predicted octanol–water partition coefficient (Wildman–Crippen LogP) is 6.03. The molecule has 0 bridgehead atoms. The lowest BCUT2D eigenvalue weighted by molar-refractivity contribution is -0.116. The smallest absolute Gasteiger partial charge is 0.247 e. The zero-order valence-corrected chi connectivity index (χ0v) is 17.0. The van der Waals surface area contributed by atoms with Gasteiger partial charge in [0, 0.05) is 5.02 Å². The highest BCUT2D eigenvalue weighted by molar-refractivity contribution is 8.16. The molecule has 28 heavy (non-hydrogen) atoms. The Labute approximate surface area is 174 Å². The van der Waals surface area contributed by atoms with E-state index in [1.54, 1.807) is 4.90 Å². The van der Waals surface area contributed by atoms with E-state index in [2.05, 4.69) is 0 Å². The van der Waals surface area contributed by atoms with Crippen LogP contribution in [0, 0.1) is 6.92 Å². The van der Waals surface area contributed by atoms with Crippen LogP contribution in [0.4, 0.5) is 11.4 Å². The number of thioether (sulfide) groups is 1. The van der Waals surface area contributed by atoms with Crippen molar-refractivity contribution in [3.63, 3.8) is 0 Å². The second-order valence-corrected chi connectivity index (χ2v) is 8.21. The van der Waals surface area contributed by atoms with Gasteiger partial charge in [0.2, 0.25) is 5.91 Å². The van der Waals surface area contributed by atoms with Crippen LogP contribution in [0.25, 0.3) is 0 Å². The second-order valence-electron chi connectivity index (χ2n) is 6.63. The fourth-order valence-electron chi connectivity index (χ4n) is 3.08. The molecule has 0 aliphatic carbocycles. The highest BCUT2D eigenvalue weighted by Crippen LogP contribution is 2.35. The van der Waals surface area contributed by atoms with Gasteiger partial charge in [-0.15, -0.1) is 0 Å². The third kappa shape index (κ3) is 3.98. The first-order chi connectivity index (χ1) is 13.6. The molecule has 5 heteroatoms. The van der Waals surface area contributed by atoms with Crippen LogP contribution >= 0.6 is 23.4 Å². The lowest BCUT2D eigenvalue weighted by Gasteiger charge is -2.16. The Morgan fingerprint density at radius 1 is 1.00 bits per heavy atom. The van der Waals surface area contributed by atoms with Crippen LogP contribution in [0.1, 0.15) is 11.1 Å². The maximum atomic E-state index is 13.3. The molecule has 3 nitrogen and oxygen atoms in total. The lowest BCUT2D eigenvalue weighted by Crippen LogP contribution is -2.32. The molecule has 3 aromatic carbocycles. The number of anilines is 1. The zero-order chi connectivity index (χ0) is 19.5. The van der Waals surface area contributed by atoms with Crippen LogP contribution < -0.4 is 4.90 Å². The molecule has 1 saturated heterocycles. The Morgan fingerprint density at radius 3 is 2.36 bits per heavy atom. The monoisotopic (exact) mass is 406 g/mol. The highest BCUT2D eigenvalue weighted by Gasteiger charge is 2.39. The quantitative estimate of drug-likeness (QED) is 0.530. The van der Waals surface area contributed by atoms with E-state index < -0.39 is 0 Å². The van der Waals surface area contributed by atoms with Crippen molar-refractivity contribution < 1.29 is 4.79 Å². The van der Waals surface area contributed by atoms with Gasteiger partial charge >= 0.3 is 0 Å². The molecule has 1 atom stereocenters. The number of aliphatic imine (C=N–C) groups is 1. The van der Waals surface area contributed by atoms with Gasteiger partial charge in [-0.05, 0) is 54.8 Å². The van der Waals surface area contributed by atoms with Crippen molar-refractivity contribution >= 4 is 45.8 Å². The lowest BCUT2D eigenvalue weighted by atomic mass is 10.1. The molecule has 0 radical (unpaired) electrons. The number of hydrogen-bond acceptors (Lipinski definition) is 3. The molecule has 0 spiro atoms. The number of carbonyl (C=O) groups is 1. The van der Waals surface area contributed by atoms with Crippen LogP contribution in [0.3, 0.4) is 0 Å². The van der Waals surface area contributed by atoms with Crippen molar-refractivity contribution in [1.29, 1.82) is 0 Å². The van der Waals surface area contributed by atoms with Gasteiger partial charge in [0.15, 0.2) is 5.17 Å². The van der Waals surface area contributed by atoms with Crippen molar-refractivity contribution in [2.75, 3.05) is 4.90 Å². The maximum Gasteiger partial charge on any atom is 0.247 e. The summed E-state index contributed by atoms with van der Waals surface area (Å²) in [6, 6.07) is 25.4. The first kappa shape index (κ1) is 18.8. The molecule has 140 valence electrons. The maximum absolute atomic E-state index is 13.3. The average Bonchev–Trinajstić information content (AvgIpc) is 3.01. The Balaban J connectivity index is 1.67. The van der Waals surface area contributed by atoms with Gasteiger partial charge < -0.3 is 0 Å². The van der Waals surface area contributed by atoms with E-state index in [4.69, 9.17) is 16.6 Å². The van der Waals surface area contributed by atoms with E-state index in [0.29, 0.717) is 11.6 Å². The fourth-order valence-corrected chi connectivity index (χ4v) is 4.48. The molecule has 1 unspecified atom stereocenters. The van der Waals surface area contributed by atoms with Crippen molar-refractivity contribution in [2.45, 2.75) is 18.6 Å². The van der Waals surface area contributed by atoms with Crippen molar-refractivity contribution in [3.8, 4) is 0 Å². The van der Waals surface area contributed by atoms with Gasteiger partial charge in [-0.1, -0.05) is 71.9 Å². The number of benzene rings is 3. The minimum absolute atomic E-state index is 0.0441. The Bertz CT molecular complexity index is 1020. The summed E-state index contributed by atoms with van der Waals surface area (Å²) >= 11 is 7.78. The van der Waals surface area contributed by atoms with E-state index in [0.717, 1.165) is 27.5 Å². The number of carbonyl (C=O) groups excluding carboxylic acids is 1. The molecule has 0 aromatic heterocycles. The average molecular weight is 407 g/mol. The number of halogens is 1. The van der Waals surface area contributed by atoms with Crippen LogP contribution in [0.5, 0.6) is 0 Å². The number of rotatable bonds is 4. The van der Waals surface area contributed by atoms with E-state index in [-0.39, 0.29) is 11.2 Å². The first-order valence-electron chi connectivity index (χ1n) is 9.06. The van der Waals surface area contributed by atoms with E-state index in [9.17, 15) is 4.79 Å². The molecule has 1 aliphatic rings. The van der Waals surface area contributed by atoms with Gasteiger partial charge in [0.25, 0.3) is 0 Å². The van der Waals surface area contributed by atoms with Crippen molar-refractivity contribution in [3.05, 3.63) is 95.0 Å². The highest BCUT2D eigenvalue weighted by atomic mass is 35.5. The van der Waals surface area contributed by atoms with Gasteiger partial charge in [-0.3, -0.25) is 9.69 Å². The topological polar surface area (TPSA) is 32.7 Å². The molecule has 0 N–H and O–H groups in total. The molecule has 4 rings (SSSR count). The van der Waals surface area contributed by atoms with Gasteiger partial charge in [-0.25, -0.2) is 4.99 Å². The van der Waals surface area contributed by atoms with Crippen LogP contribution in [0.15, 0.2) is 83.9 Å². The molecule has 1 aliphatic heterocycles. The third-order valence-corrected chi connectivity index (χ3v) is 6.13. The summed E-state index contributed by atoms with van der Waals surface area (Å²) in [5, 5.41) is 1.19. The summed E-state index contributed by atoms with van der Waals surface area (Å²) in [4.78, 5) is 19.7. The van der Waals surface area contributed by atoms with Gasteiger partial charge in [0.1, 0.15) is 0 Å². The molecule has 1 amide bonds. The second kappa shape index (κ2) is 8.21. The van der Waals surface area contributed by atoms with Crippen LogP contribution in [0.2, 0.25) is 5.02 Å². The Morgan fingerprint density at radius 2 is 1.68 bits per heavy atom. The van der Waals surface area contributed by atoms with Gasteiger partial charge in [0.05, 0.1) is 16.6 Å². The molecular formula is C23H19ClN2OS. The largest absolute Gasteiger partial charge is 0.273 e. The number of aryl methyl sites for hydroxylation is 1. The first-order valence-corrected chi connectivity index (χ1v) is 10.3. The molecule has 0 saturated carbocycles. The normalized spacial score (nSPS) is 18.1. The van der Waals surface area contributed by atoms with Gasteiger partial charge in [-0.2, -0.15) is 0 Å². The van der Waals surface area contributed by atoms with Crippen LogP contribution in [-0.4, -0.2) is 16.3 Å². The standard InChI is InChI=1S/C23H19ClN2OS/c1-16-12-13-17(14-20(16)24)15-21-22(27)26(19-10-6-3-7-11-19)23(28-21)25-18-8-4-2-5-9-18/h2-14,21H,15H2,1H3. The summed E-state index contributed by atoms with van der Waals surface area (Å²) in [6.45, 7) is 1.98. The van der Waals surface area contributed by atoms with E-state index in [1.807, 2.05) is 85.8 Å². The van der Waals surface area contributed by atoms with Crippen molar-refractivity contribution in [1.82, 2.24) is 0 Å². The Hall–Kier alpha value is -2.56. The minimum Gasteiger partial charge on any atom is -0.273 e. The summed E-state index contributed by atoms with van der Waals surface area (Å²) in [5.41, 5.74) is 3.75. The van der Waals surface area contributed by atoms with E-state index in [1.165, 1.54) is 11.8 Å². The number of amides is 1. The molecule has 1 fully saturated rings. The SMILES string of the molecule is Cc1ccc(CC2SC(=Nc3ccccc3)N(c3ccccc3)C2=O)cc1Cl. The number of amidine groups is 1. The van der Waals surface area contributed by atoms with Crippen molar-refractivity contribution in [2.24, 2.45) is 4.99 Å². The fraction of sp³-hybridized carbons (Fsp3) is 0.130. The number of nitrogens with zero attached hydrogens (tertiary/aromatic N) is 2. The summed E-state index contributed by atoms with van der Waals surface area (Å²) in [5.74, 6) is 0.0441. The van der Waals surface area contributed by atoms with Crippen LogP contribution in [-0.2, 0) is 11.2 Å². The summed E-state index contributed by atoms with van der Waals surface area (Å²) in [7, 11) is 0. The zero-order valence-electron chi connectivity index (χ0n) is 15.4. The number of hydrogen-bond donors (Lipinski definition) is 0. The summed E-state index contributed by atoms with van der Waals surface area (Å²) in [6.07, 6.45) is 0.612. The number of para-hydroxylation sites is 2. The Kier molecular flexibility index (Phi) is 5.51.